The Kier molecular flexibility index (Phi) is 6.33. The fraction of sp³-hybridized carbons (Fsp3) is 0. The Labute approximate surface area is 172 Å². The van der Waals surface area contributed by atoms with Gasteiger partial charge >= 0.3 is 0 Å². The molecule has 0 aliphatic rings. The first-order valence-electron chi connectivity index (χ1n) is 8.26. The highest BCUT2D eigenvalue weighted by Gasteiger charge is 2.12. The van der Waals surface area contributed by atoms with E-state index in [2.05, 4.69) is 5.32 Å². The van der Waals surface area contributed by atoms with Crippen LogP contribution in [0.25, 0.3) is 6.08 Å². The summed E-state index contributed by atoms with van der Waals surface area (Å²) < 4.78 is 5.77. The Hall–Kier alpha value is -3.26. The first kappa shape index (κ1) is 19.5. The van der Waals surface area contributed by atoms with Crippen molar-refractivity contribution < 1.29 is 9.53 Å². The summed E-state index contributed by atoms with van der Waals surface area (Å²) in [4.78, 5) is 12.5. The molecule has 0 spiro atoms. The van der Waals surface area contributed by atoms with Gasteiger partial charge in [0.1, 0.15) is 23.1 Å². The van der Waals surface area contributed by atoms with Crippen molar-refractivity contribution >= 4 is 40.9 Å². The Balaban J connectivity index is 1.80. The molecule has 3 rings (SSSR count). The molecular formula is C22H14Cl2N2O2. The minimum Gasteiger partial charge on any atom is -0.457 e. The largest absolute Gasteiger partial charge is 0.457 e. The highest BCUT2D eigenvalue weighted by molar-refractivity contribution is 6.36. The summed E-state index contributed by atoms with van der Waals surface area (Å²) in [6, 6.07) is 23.0. The minimum absolute atomic E-state index is 0.0760. The van der Waals surface area contributed by atoms with Crippen LogP contribution in [0.3, 0.4) is 0 Å². The third-order valence-corrected chi connectivity index (χ3v) is 4.25. The number of anilines is 1. The number of amides is 1. The number of rotatable bonds is 5. The van der Waals surface area contributed by atoms with E-state index in [0.717, 1.165) is 0 Å². The number of hydrogen-bond acceptors (Lipinski definition) is 3. The van der Waals surface area contributed by atoms with Crippen molar-refractivity contribution in [2.75, 3.05) is 5.32 Å². The molecule has 0 fully saturated rings. The lowest BCUT2D eigenvalue weighted by atomic mass is 10.1. The lowest BCUT2D eigenvalue weighted by Gasteiger charge is -2.08. The molecular weight excluding hydrogens is 395 g/mol. The maximum atomic E-state index is 12.5. The molecule has 4 nitrogen and oxygen atoms in total. The lowest BCUT2D eigenvalue weighted by molar-refractivity contribution is -0.112. The summed E-state index contributed by atoms with van der Waals surface area (Å²) in [5, 5.41) is 12.7. The predicted molar refractivity (Wildman–Crippen MR) is 112 cm³/mol. The normalized spacial score (nSPS) is 10.8. The Morgan fingerprint density at radius 3 is 2.46 bits per heavy atom. The van der Waals surface area contributed by atoms with Gasteiger partial charge in [-0.05, 0) is 54.1 Å². The van der Waals surface area contributed by atoms with Crippen LogP contribution in [0, 0.1) is 11.3 Å². The Morgan fingerprint density at radius 1 is 0.964 bits per heavy atom. The number of ether oxygens (including phenoxy) is 1. The monoisotopic (exact) mass is 408 g/mol. The molecule has 0 saturated carbocycles. The summed E-state index contributed by atoms with van der Waals surface area (Å²) in [6.45, 7) is 0. The molecule has 6 heteroatoms. The molecule has 0 unspecified atom stereocenters. The van der Waals surface area contributed by atoms with Crippen molar-refractivity contribution in [1.82, 2.24) is 0 Å². The summed E-state index contributed by atoms with van der Waals surface area (Å²) in [5.74, 6) is 0.703. The fourth-order valence-corrected chi connectivity index (χ4v) is 2.73. The van der Waals surface area contributed by atoms with Crippen LogP contribution in [0.4, 0.5) is 5.69 Å². The molecule has 0 atom stereocenters. The van der Waals surface area contributed by atoms with Crippen molar-refractivity contribution in [1.29, 1.82) is 5.26 Å². The number of halogens is 2. The van der Waals surface area contributed by atoms with Gasteiger partial charge in [0, 0.05) is 5.02 Å². The third kappa shape index (κ3) is 5.14. The standard InChI is InChI=1S/C22H14Cl2N2O2/c23-17-9-10-20(24)21(13-17)26-22(27)16(14-25)11-15-5-4-8-19(12-15)28-18-6-2-1-3-7-18/h1-13H,(H,26,27)/b16-11+. The van der Waals surface area contributed by atoms with Gasteiger partial charge in [-0.1, -0.05) is 53.5 Å². The first-order valence-corrected chi connectivity index (χ1v) is 9.02. The quantitative estimate of drug-likeness (QED) is 0.396. The molecule has 1 amide bonds. The van der Waals surface area contributed by atoms with E-state index < -0.39 is 5.91 Å². The van der Waals surface area contributed by atoms with Gasteiger partial charge in [0.2, 0.25) is 0 Å². The molecule has 0 radical (unpaired) electrons. The number of nitrogens with one attached hydrogen (secondary N) is 1. The molecule has 3 aromatic rings. The van der Waals surface area contributed by atoms with Crippen molar-refractivity contribution in [3.05, 3.63) is 94.0 Å². The summed E-state index contributed by atoms with van der Waals surface area (Å²) >= 11 is 12.0. The topological polar surface area (TPSA) is 62.1 Å². The van der Waals surface area contributed by atoms with Crippen LogP contribution < -0.4 is 10.1 Å². The molecule has 0 aromatic heterocycles. The molecule has 28 heavy (non-hydrogen) atoms. The smallest absolute Gasteiger partial charge is 0.266 e. The number of nitriles is 1. The molecule has 3 aromatic carbocycles. The van der Waals surface area contributed by atoms with Gasteiger partial charge < -0.3 is 10.1 Å². The van der Waals surface area contributed by atoms with Crippen LogP contribution in [0.5, 0.6) is 11.5 Å². The van der Waals surface area contributed by atoms with Crippen LogP contribution in [0.15, 0.2) is 78.4 Å². The van der Waals surface area contributed by atoms with Gasteiger partial charge in [0.15, 0.2) is 0 Å². The molecule has 0 saturated heterocycles. The van der Waals surface area contributed by atoms with E-state index >= 15 is 0 Å². The Morgan fingerprint density at radius 2 is 1.71 bits per heavy atom. The first-order chi connectivity index (χ1) is 13.5. The number of para-hydroxylation sites is 1. The van der Waals surface area contributed by atoms with E-state index in [4.69, 9.17) is 27.9 Å². The van der Waals surface area contributed by atoms with E-state index in [0.29, 0.717) is 32.8 Å². The van der Waals surface area contributed by atoms with E-state index in [1.807, 2.05) is 36.4 Å². The second kappa shape index (κ2) is 9.09. The Bertz CT molecular complexity index is 1070. The zero-order valence-electron chi connectivity index (χ0n) is 14.5. The highest BCUT2D eigenvalue weighted by atomic mass is 35.5. The van der Waals surface area contributed by atoms with Crippen LogP contribution in [-0.2, 0) is 4.79 Å². The van der Waals surface area contributed by atoms with E-state index in [1.54, 1.807) is 36.4 Å². The molecule has 138 valence electrons. The summed E-state index contributed by atoms with van der Waals surface area (Å²) in [6.07, 6.45) is 1.48. The number of benzene rings is 3. The molecule has 0 aliphatic heterocycles. The fourth-order valence-electron chi connectivity index (χ4n) is 2.39. The minimum atomic E-state index is -0.582. The second-order valence-electron chi connectivity index (χ2n) is 5.74. The van der Waals surface area contributed by atoms with Gasteiger partial charge in [0.25, 0.3) is 5.91 Å². The van der Waals surface area contributed by atoms with Gasteiger partial charge in [-0.25, -0.2) is 0 Å². The van der Waals surface area contributed by atoms with Gasteiger partial charge in [-0.15, -0.1) is 0 Å². The predicted octanol–water partition coefficient (Wildman–Crippen LogP) is 6.33. The number of hydrogen-bond donors (Lipinski definition) is 1. The lowest BCUT2D eigenvalue weighted by Crippen LogP contribution is -2.13. The average Bonchev–Trinajstić information content (AvgIpc) is 2.70. The SMILES string of the molecule is N#C/C(=C\c1cccc(Oc2ccccc2)c1)C(=O)Nc1cc(Cl)ccc1Cl. The third-order valence-electron chi connectivity index (χ3n) is 3.69. The maximum Gasteiger partial charge on any atom is 0.266 e. The average molecular weight is 409 g/mol. The van der Waals surface area contributed by atoms with E-state index in [9.17, 15) is 10.1 Å². The van der Waals surface area contributed by atoms with Crippen molar-refractivity contribution in [3.63, 3.8) is 0 Å². The van der Waals surface area contributed by atoms with Crippen molar-refractivity contribution in [2.24, 2.45) is 0 Å². The molecule has 0 aliphatic carbocycles. The van der Waals surface area contributed by atoms with Crippen molar-refractivity contribution in [3.8, 4) is 17.6 Å². The number of nitrogens with zero attached hydrogens (tertiary/aromatic N) is 1. The van der Waals surface area contributed by atoms with E-state index in [1.165, 1.54) is 12.1 Å². The van der Waals surface area contributed by atoms with Gasteiger partial charge in [-0.2, -0.15) is 5.26 Å². The maximum absolute atomic E-state index is 12.5. The number of carbonyl (C=O) groups is 1. The number of carbonyl (C=O) groups excluding carboxylic acids is 1. The van der Waals surface area contributed by atoms with Gasteiger partial charge in [0.05, 0.1) is 10.7 Å². The zero-order valence-corrected chi connectivity index (χ0v) is 16.0. The summed E-state index contributed by atoms with van der Waals surface area (Å²) in [7, 11) is 0. The molecule has 0 heterocycles. The molecule has 0 bridgehead atoms. The summed E-state index contributed by atoms with van der Waals surface area (Å²) in [5.41, 5.74) is 0.909. The van der Waals surface area contributed by atoms with Crippen molar-refractivity contribution in [2.45, 2.75) is 0 Å². The molecule has 1 N–H and O–H groups in total. The van der Waals surface area contributed by atoms with Gasteiger partial charge in [-0.3, -0.25) is 4.79 Å². The van der Waals surface area contributed by atoms with Crippen LogP contribution in [0.1, 0.15) is 5.56 Å². The van der Waals surface area contributed by atoms with Crippen LogP contribution in [0.2, 0.25) is 10.0 Å². The second-order valence-corrected chi connectivity index (χ2v) is 6.58. The van der Waals surface area contributed by atoms with E-state index in [-0.39, 0.29) is 5.57 Å². The highest BCUT2D eigenvalue weighted by Crippen LogP contribution is 2.26. The zero-order chi connectivity index (χ0) is 19.9. The van der Waals surface area contributed by atoms with Crippen LogP contribution in [-0.4, -0.2) is 5.91 Å². The van der Waals surface area contributed by atoms with Crippen LogP contribution >= 0.6 is 23.2 Å².